The number of rotatable bonds is 6. The zero-order valence-corrected chi connectivity index (χ0v) is 16.5. The number of hydrogen-bond acceptors (Lipinski definition) is 3. The van der Waals surface area contributed by atoms with Crippen LogP contribution >= 0.6 is 0 Å². The van der Waals surface area contributed by atoms with E-state index < -0.39 is 5.54 Å². The molecule has 1 aliphatic carbocycles. The molecule has 0 radical (unpaired) electrons. The van der Waals surface area contributed by atoms with Crippen molar-refractivity contribution in [3.8, 4) is 0 Å². The molecular formula is C26H25NO2. The van der Waals surface area contributed by atoms with Gasteiger partial charge in [-0.2, -0.15) is 0 Å². The maximum absolute atomic E-state index is 12.0. The van der Waals surface area contributed by atoms with Crippen LogP contribution < -0.4 is 5.32 Å². The molecule has 0 saturated heterocycles. The number of methoxy groups -OCH3 is 1. The van der Waals surface area contributed by atoms with E-state index in [4.69, 9.17) is 4.74 Å². The van der Waals surface area contributed by atoms with E-state index in [-0.39, 0.29) is 17.9 Å². The van der Waals surface area contributed by atoms with Gasteiger partial charge in [-0.25, -0.2) is 0 Å². The molecule has 0 heterocycles. The third-order valence-electron chi connectivity index (χ3n) is 5.61. The van der Waals surface area contributed by atoms with Gasteiger partial charge in [0.05, 0.1) is 18.6 Å². The molecule has 4 rings (SSSR count). The van der Waals surface area contributed by atoms with E-state index in [0.717, 1.165) is 16.7 Å². The van der Waals surface area contributed by atoms with Crippen LogP contribution in [-0.4, -0.2) is 19.1 Å². The maximum Gasteiger partial charge on any atom is 0.312 e. The standard InChI is InChI=1S/C26H25NO2/c1-29-25(28)20-17-18-24(19-20)27-26(21-11-5-2-6-12-21,22-13-7-3-8-14-22)23-15-9-4-10-16-23/h2-18,20,24,27H,19H2,1H3. The summed E-state index contributed by atoms with van der Waals surface area (Å²) in [7, 11) is 1.44. The van der Waals surface area contributed by atoms with Crippen molar-refractivity contribution in [3.05, 3.63) is 120 Å². The number of hydrogen-bond donors (Lipinski definition) is 1. The fraction of sp³-hybridized carbons (Fsp3) is 0.192. The van der Waals surface area contributed by atoms with Gasteiger partial charge in [-0.3, -0.25) is 10.1 Å². The summed E-state index contributed by atoms with van der Waals surface area (Å²) in [4.78, 5) is 12.0. The number of esters is 1. The van der Waals surface area contributed by atoms with Crippen LogP contribution in [0.2, 0.25) is 0 Å². The van der Waals surface area contributed by atoms with Crippen LogP contribution in [0.5, 0.6) is 0 Å². The van der Waals surface area contributed by atoms with E-state index in [1.807, 2.05) is 24.3 Å². The highest BCUT2D eigenvalue weighted by Crippen LogP contribution is 2.38. The summed E-state index contributed by atoms with van der Waals surface area (Å²) in [6, 6.07) is 31.5. The first-order valence-corrected chi connectivity index (χ1v) is 9.94. The van der Waals surface area contributed by atoms with E-state index >= 15 is 0 Å². The summed E-state index contributed by atoms with van der Waals surface area (Å²) in [5.41, 5.74) is 2.94. The predicted octanol–water partition coefficient (Wildman–Crippen LogP) is 4.69. The zero-order chi connectivity index (χ0) is 20.1. The minimum absolute atomic E-state index is 0.0414. The molecule has 3 aromatic carbocycles. The maximum atomic E-state index is 12.0. The Labute approximate surface area is 172 Å². The van der Waals surface area contributed by atoms with Crippen molar-refractivity contribution < 1.29 is 9.53 Å². The minimum Gasteiger partial charge on any atom is -0.469 e. The summed E-state index contributed by atoms with van der Waals surface area (Å²) in [5.74, 6) is -0.396. The smallest absolute Gasteiger partial charge is 0.312 e. The molecule has 0 spiro atoms. The predicted molar refractivity (Wildman–Crippen MR) is 115 cm³/mol. The van der Waals surface area contributed by atoms with E-state index in [0.29, 0.717) is 6.42 Å². The molecule has 0 amide bonds. The van der Waals surface area contributed by atoms with Gasteiger partial charge in [0.15, 0.2) is 0 Å². The monoisotopic (exact) mass is 383 g/mol. The summed E-state index contributed by atoms with van der Waals surface area (Å²) in [6.45, 7) is 0. The molecule has 1 aliphatic rings. The first-order chi connectivity index (χ1) is 14.2. The second-order valence-electron chi connectivity index (χ2n) is 7.35. The van der Waals surface area contributed by atoms with Gasteiger partial charge in [0, 0.05) is 6.04 Å². The summed E-state index contributed by atoms with van der Waals surface area (Å²) in [6.07, 6.45) is 4.72. The molecule has 3 nitrogen and oxygen atoms in total. The molecule has 3 aromatic rings. The molecule has 0 aliphatic heterocycles. The molecule has 0 fully saturated rings. The Balaban J connectivity index is 1.83. The fourth-order valence-electron chi connectivity index (χ4n) is 4.22. The van der Waals surface area contributed by atoms with Gasteiger partial charge in [0.2, 0.25) is 0 Å². The number of benzene rings is 3. The van der Waals surface area contributed by atoms with Crippen molar-refractivity contribution >= 4 is 5.97 Å². The number of ether oxygens (including phenoxy) is 1. The molecule has 146 valence electrons. The molecule has 2 atom stereocenters. The van der Waals surface area contributed by atoms with Crippen LogP contribution in [0.25, 0.3) is 0 Å². The topological polar surface area (TPSA) is 38.3 Å². The van der Waals surface area contributed by atoms with Crippen molar-refractivity contribution in [2.24, 2.45) is 5.92 Å². The van der Waals surface area contributed by atoms with Crippen molar-refractivity contribution in [1.82, 2.24) is 5.32 Å². The lowest BCUT2D eigenvalue weighted by atomic mass is 9.76. The van der Waals surface area contributed by atoms with Gasteiger partial charge < -0.3 is 4.74 Å². The van der Waals surface area contributed by atoms with Gasteiger partial charge in [-0.1, -0.05) is 103 Å². The molecule has 0 saturated carbocycles. The Morgan fingerprint density at radius 1 is 0.793 bits per heavy atom. The van der Waals surface area contributed by atoms with Gasteiger partial charge in [-0.05, 0) is 23.1 Å². The van der Waals surface area contributed by atoms with E-state index in [1.165, 1.54) is 7.11 Å². The van der Waals surface area contributed by atoms with Crippen LogP contribution in [0.15, 0.2) is 103 Å². The highest BCUT2D eigenvalue weighted by Gasteiger charge is 2.39. The summed E-state index contributed by atoms with van der Waals surface area (Å²) < 4.78 is 4.95. The van der Waals surface area contributed by atoms with E-state index in [1.54, 1.807) is 0 Å². The van der Waals surface area contributed by atoms with Gasteiger partial charge in [0.25, 0.3) is 0 Å². The Kier molecular flexibility index (Phi) is 5.59. The largest absolute Gasteiger partial charge is 0.469 e. The van der Waals surface area contributed by atoms with Gasteiger partial charge in [0.1, 0.15) is 0 Å². The van der Waals surface area contributed by atoms with Crippen LogP contribution in [0, 0.1) is 5.92 Å². The summed E-state index contributed by atoms with van der Waals surface area (Å²) in [5, 5.41) is 3.89. The highest BCUT2D eigenvalue weighted by atomic mass is 16.5. The highest BCUT2D eigenvalue weighted by molar-refractivity contribution is 5.75. The van der Waals surface area contributed by atoms with Crippen LogP contribution in [0.1, 0.15) is 23.1 Å². The lowest BCUT2D eigenvalue weighted by Gasteiger charge is -2.39. The molecule has 2 unspecified atom stereocenters. The first-order valence-electron chi connectivity index (χ1n) is 9.94. The lowest BCUT2D eigenvalue weighted by molar-refractivity contribution is -0.143. The molecule has 29 heavy (non-hydrogen) atoms. The van der Waals surface area contributed by atoms with Crippen molar-refractivity contribution in [3.63, 3.8) is 0 Å². The molecule has 0 bridgehead atoms. The number of carbonyl (C=O) groups is 1. The van der Waals surface area contributed by atoms with Crippen LogP contribution in [-0.2, 0) is 15.1 Å². The Morgan fingerprint density at radius 2 is 1.24 bits per heavy atom. The molecule has 1 N–H and O–H groups in total. The van der Waals surface area contributed by atoms with Gasteiger partial charge >= 0.3 is 5.97 Å². The molecular weight excluding hydrogens is 358 g/mol. The molecule has 0 aromatic heterocycles. The fourth-order valence-corrected chi connectivity index (χ4v) is 4.22. The SMILES string of the molecule is COC(=O)C1C=CC(NC(c2ccccc2)(c2ccccc2)c2ccccc2)C1. The lowest BCUT2D eigenvalue weighted by Crippen LogP contribution is -2.49. The van der Waals surface area contributed by atoms with Crippen LogP contribution in [0.3, 0.4) is 0 Å². The van der Waals surface area contributed by atoms with Crippen LogP contribution in [0.4, 0.5) is 0 Å². The first kappa shape index (κ1) is 19.2. The third kappa shape index (κ3) is 3.74. The number of nitrogens with one attached hydrogen (secondary N) is 1. The Bertz CT molecular complexity index is 871. The Morgan fingerprint density at radius 3 is 1.66 bits per heavy atom. The molecule has 3 heteroatoms. The van der Waals surface area contributed by atoms with Gasteiger partial charge in [-0.15, -0.1) is 0 Å². The van der Waals surface area contributed by atoms with Crippen molar-refractivity contribution in [2.75, 3.05) is 7.11 Å². The zero-order valence-electron chi connectivity index (χ0n) is 16.5. The third-order valence-corrected chi connectivity index (χ3v) is 5.61. The summed E-state index contributed by atoms with van der Waals surface area (Å²) >= 11 is 0. The van der Waals surface area contributed by atoms with E-state index in [2.05, 4.69) is 84.2 Å². The Hall–Kier alpha value is -3.17. The quantitative estimate of drug-likeness (QED) is 0.381. The minimum atomic E-state index is -0.538. The van der Waals surface area contributed by atoms with Crippen molar-refractivity contribution in [2.45, 2.75) is 18.0 Å². The normalized spacial score (nSPS) is 18.5. The number of carbonyl (C=O) groups excluding carboxylic acids is 1. The second-order valence-corrected chi connectivity index (χ2v) is 7.35. The average molecular weight is 383 g/mol. The van der Waals surface area contributed by atoms with E-state index in [9.17, 15) is 4.79 Å². The van der Waals surface area contributed by atoms with Crippen molar-refractivity contribution in [1.29, 1.82) is 0 Å². The average Bonchev–Trinajstić information content (AvgIpc) is 3.27. The second kappa shape index (κ2) is 8.46.